The zero-order valence-electron chi connectivity index (χ0n) is 16.4. The second kappa shape index (κ2) is 8.74. The first-order valence-corrected chi connectivity index (χ1v) is 9.52. The quantitative estimate of drug-likeness (QED) is 0.232. The van der Waals surface area contributed by atoms with Crippen LogP contribution in [0.25, 0.3) is 22.3 Å². The average molecular weight is 448 g/mol. The predicted octanol–water partition coefficient (Wildman–Crippen LogP) is 0.196. The molecule has 0 radical (unpaired) electrons. The van der Waals surface area contributed by atoms with Crippen LogP contribution in [0.1, 0.15) is 0 Å². The van der Waals surface area contributed by atoms with Crippen LogP contribution in [0.2, 0.25) is 0 Å². The lowest BCUT2D eigenvalue weighted by molar-refractivity contribution is -0.277. The number of phenols is 1. The third kappa shape index (κ3) is 4.00. The van der Waals surface area contributed by atoms with Crippen molar-refractivity contribution in [3.8, 4) is 28.6 Å². The standard InChI is InChI=1S/C21H20O11/c22-8-16-18(25)19(26)20(27)21(31-16)30-15-6-11(32-28)5-14-17(15)12(24)7-13(29-14)9-1-3-10(23)4-2-9/h1-7,16,18-23,25-28H,8H2/t16-,18-,19+,20-,21-/m1/s1. The van der Waals surface area contributed by atoms with Crippen molar-refractivity contribution in [1.82, 2.24) is 0 Å². The van der Waals surface area contributed by atoms with Crippen LogP contribution in [0.3, 0.4) is 0 Å². The molecule has 3 aromatic rings. The first-order valence-electron chi connectivity index (χ1n) is 9.52. The van der Waals surface area contributed by atoms with Crippen molar-refractivity contribution in [2.75, 3.05) is 6.61 Å². The molecule has 0 unspecified atom stereocenters. The van der Waals surface area contributed by atoms with Gasteiger partial charge in [0.05, 0.1) is 6.61 Å². The van der Waals surface area contributed by atoms with Crippen molar-refractivity contribution in [1.29, 1.82) is 0 Å². The molecule has 1 aliphatic rings. The topological polar surface area (TPSA) is 179 Å². The molecular weight excluding hydrogens is 428 g/mol. The van der Waals surface area contributed by atoms with E-state index in [0.717, 1.165) is 6.07 Å². The number of aromatic hydroxyl groups is 1. The van der Waals surface area contributed by atoms with Crippen LogP contribution in [0.4, 0.5) is 0 Å². The van der Waals surface area contributed by atoms with E-state index in [1.807, 2.05) is 0 Å². The molecule has 0 aliphatic carbocycles. The molecule has 1 aliphatic heterocycles. The van der Waals surface area contributed by atoms with Gasteiger partial charge >= 0.3 is 0 Å². The Bertz CT molecular complexity index is 1150. The summed E-state index contributed by atoms with van der Waals surface area (Å²) in [6, 6.07) is 9.48. The van der Waals surface area contributed by atoms with Crippen LogP contribution in [0, 0.1) is 0 Å². The zero-order valence-corrected chi connectivity index (χ0v) is 16.4. The first-order chi connectivity index (χ1) is 15.3. The summed E-state index contributed by atoms with van der Waals surface area (Å²) in [6.45, 7) is -0.663. The van der Waals surface area contributed by atoms with Gasteiger partial charge in [0.1, 0.15) is 52.6 Å². The summed E-state index contributed by atoms with van der Waals surface area (Å²) >= 11 is 0. The van der Waals surface area contributed by atoms with Crippen molar-refractivity contribution in [2.45, 2.75) is 30.7 Å². The molecule has 0 bridgehead atoms. The van der Waals surface area contributed by atoms with Crippen LogP contribution in [0.15, 0.2) is 51.7 Å². The minimum Gasteiger partial charge on any atom is -0.508 e. The minimum absolute atomic E-state index is 0.0306. The van der Waals surface area contributed by atoms with Gasteiger partial charge in [-0.1, -0.05) is 0 Å². The fraction of sp³-hybridized carbons (Fsp3) is 0.286. The number of ether oxygens (including phenoxy) is 2. The first kappa shape index (κ1) is 22.0. The predicted molar refractivity (Wildman–Crippen MR) is 107 cm³/mol. The maximum Gasteiger partial charge on any atom is 0.229 e. The van der Waals surface area contributed by atoms with E-state index in [1.54, 1.807) is 0 Å². The highest BCUT2D eigenvalue weighted by atomic mass is 17.1. The van der Waals surface area contributed by atoms with Crippen LogP contribution in [0.5, 0.6) is 17.2 Å². The Morgan fingerprint density at radius 3 is 2.34 bits per heavy atom. The van der Waals surface area contributed by atoms with E-state index in [4.69, 9.17) is 19.1 Å². The van der Waals surface area contributed by atoms with Crippen molar-refractivity contribution in [2.24, 2.45) is 0 Å². The number of hydrogen-bond donors (Lipinski definition) is 6. The highest BCUT2D eigenvalue weighted by Crippen LogP contribution is 2.34. The van der Waals surface area contributed by atoms with E-state index in [-0.39, 0.29) is 34.0 Å². The molecule has 11 heteroatoms. The van der Waals surface area contributed by atoms with Gasteiger partial charge in [-0.15, -0.1) is 0 Å². The average Bonchev–Trinajstić information content (AvgIpc) is 2.79. The van der Waals surface area contributed by atoms with Gasteiger partial charge in [-0.05, 0) is 24.3 Å². The lowest BCUT2D eigenvalue weighted by Crippen LogP contribution is -2.60. The van der Waals surface area contributed by atoms with Gasteiger partial charge in [0.25, 0.3) is 0 Å². The van der Waals surface area contributed by atoms with E-state index in [9.17, 15) is 30.3 Å². The van der Waals surface area contributed by atoms with Gasteiger partial charge in [0.2, 0.25) is 6.29 Å². The summed E-state index contributed by atoms with van der Waals surface area (Å²) < 4.78 is 16.6. The van der Waals surface area contributed by atoms with Gasteiger partial charge in [-0.2, -0.15) is 0 Å². The molecule has 170 valence electrons. The van der Waals surface area contributed by atoms with Crippen molar-refractivity contribution >= 4 is 11.0 Å². The molecule has 1 aromatic heterocycles. The van der Waals surface area contributed by atoms with E-state index in [1.165, 1.54) is 36.4 Å². The van der Waals surface area contributed by atoms with Gasteiger partial charge in [0, 0.05) is 23.8 Å². The summed E-state index contributed by atoms with van der Waals surface area (Å²) in [5, 5.41) is 57.9. The summed E-state index contributed by atoms with van der Waals surface area (Å²) in [5.74, 6) is -0.176. The Hall–Kier alpha value is -3.19. The smallest absolute Gasteiger partial charge is 0.229 e. The third-order valence-corrected chi connectivity index (χ3v) is 5.12. The molecule has 1 saturated heterocycles. The number of fused-ring (bicyclic) bond motifs is 1. The second-order valence-electron chi connectivity index (χ2n) is 7.22. The third-order valence-electron chi connectivity index (χ3n) is 5.12. The Balaban J connectivity index is 1.77. The number of aliphatic hydroxyl groups excluding tert-OH is 4. The van der Waals surface area contributed by atoms with Crippen LogP contribution in [-0.2, 0) is 4.74 Å². The number of aliphatic hydroxyl groups is 4. The van der Waals surface area contributed by atoms with Gasteiger partial charge in [0.15, 0.2) is 11.2 Å². The van der Waals surface area contributed by atoms with Crippen LogP contribution >= 0.6 is 0 Å². The van der Waals surface area contributed by atoms with Crippen LogP contribution < -0.4 is 15.1 Å². The Kier molecular flexibility index (Phi) is 6.02. The van der Waals surface area contributed by atoms with E-state index < -0.39 is 42.7 Å². The van der Waals surface area contributed by atoms with E-state index in [0.29, 0.717) is 5.56 Å². The maximum atomic E-state index is 12.9. The Morgan fingerprint density at radius 2 is 1.69 bits per heavy atom. The normalized spacial score (nSPS) is 25.6. The number of phenolic OH excluding ortho intramolecular Hbond substituents is 1. The van der Waals surface area contributed by atoms with Gasteiger partial charge in [-0.3, -0.25) is 4.79 Å². The molecule has 0 spiro atoms. The summed E-state index contributed by atoms with van der Waals surface area (Å²) in [4.78, 5) is 17.1. The molecule has 32 heavy (non-hydrogen) atoms. The molecule has 6 N–H and O–H groups in total. The molecule has 2 aromatic carbocycles. The van der Waals surface area contributed by atoms with E-state index in [2.05, 4.69) is 4.89 Å². The van der Waals surface area contributed by atoms with Crippen molar-refractivity contribution in [3.05, 3.63) is 52.7 Å². The number of hydrogen-bond acceptors (Lipinski definition) is 11. The molecule has 11 nitrogen and oxygen atoms in total. The van der Waals surface area contributed by atoms with Crippen molar-refractivity contribution in [3.63, 3.8) is 0 Å². The molecule has 1 fully saturated rings. The summed E-state index contributed by atoms with van der Waals surface area (Å²) in [5.41, 5.74) is -0.0846. The fourth-order valence-corrected chi connectivity index (χ4v) is 3.43. The molecule has 0 saturated carbocycles. The van der Waals surface area contributed by atoms with Crippen molar-refractivity contribution < 1.29 is 49.6 Å². The fourth-order valence-electron chi connectivity index (χ4n) is 3.43. The minimum atomic E-state index is -1.72. The Labute approximate surface area is 179 Å². The number of benzene rings is 2. The molecular formula is C21H20O11. The van der Waals surface area contributed by atoms with Gasteiger partial charge in [-0.25, -0.2) is 5.26 Å². The lowest BCUT2D eigenvalue weighted by Gasteiger charge is -2.39. The SMILES string of the molecule is O=c1cc(-c2ccc(O)cc2)oc2cc(OO)cc(O[C@@H]3O[C@H](CO)[C@@H](O)[C@H](O)[C@H]3O)c12. The molecule has 2 heterocycles. The zero-order chi connectivity index (χ0) is 23.0. The molecule has 5 atom stereocenters. The highest BCUT2D eigenvalue weighted by molar-refractivity contribution is 5.86. The van der Waals surface area contributed by atoms with Crippen LogP contribution in [-0.4, -0.2) is 68.1 Å². The Morgan fingerprint density at radius 1 is 0.969 bits per heavy atom. The summed E-state index contributed by atoms with van der Waals surface area (Å²) in [6.07, 6.45) is -7.79. The lowest BCUT2D eigenvalue weighted by atomic mass is 9.99. The largest absolute Gasteiger partial charge is 0.508 e. The van der Waals surface area contributed by atoms with E-state index >= 15 is 0 Å². The summed E-state index contributed by atoms with van der Waals surface area (Å²) in [7, 11) is 0. The maximum absolute atomic E-state index is 12.9. The monoisotopic (exact) mass is 448 g/mol. The van der Waals surface area contributed by atoms with Gasteiger partial charge < -0.3 is 44.3 Å². The highest BCUT2D eigenvalue weighted by Gasteiger charge is 2.45. The number of rotatable bonds is 5. The second-order valence-corrected chi connectivity index (χ2v) is 7.22. The molecule has 0 amide bonds. The molecule has 4 rings (SSSR count).